The van der Waals surface area contributed by atoms with E-state index in [9.17, 15) is 4.79 Å². The predicted molar refractivity (Wildman–Crippen MR) is 66.7 cm³/mol. The first-order valence-electron chi connectivity index (χ1n) is 5.32. The van der Waals surface area contributed by atoms with E-state index in [1.807, 2.05) is 6.07 Å². The van der Waals surface area contributed by atoms with Crippen molar-refractivity contribution in [3.8, 4) is 11.5 Å². The fraction of sp³-hybridized carbons (Fsp3) is 0.417. The Labute approximate surface area is 101 Å². The molecule has 0 aromatic heterocycles. The van der Waals surface area contributed by atoms with Gasteiger partial charge in [-0.05, 0) is 19.1 Å². The quantitative estimate of drug-likeness (QED) is 0.810. The molecule has 1 rings (SSSR count). The summed E-state index contributed by atoms with van der Waals surface area (Å²) in [7, 11) is 4.77. The molecule has 2 N–H and O–H groups in total. The molecule has 5 nitrogen and oxygen atoms in total. The van der Waals surface area contributed by atoms with Crippen LogP contribution in [0.2, 0.25) is 0 Å². The van der Waals surface area contributed by atoms with Crippen molar-refractivity contribution >= 4 is 11.6 Å². The largest absolute Gasteiger partial charge is 0.497 e. The number of likely N-dealkylation sites (N-methyl/N-ethyl adjacent to an activating group) is 1. The van der Waals surface area contributed by atoms with Crippen LogP contribution in [0.5, 0.6) is 11.5 Å². The van der Waals surface area contributed by atoms with Gasteiger partial charge < -0.3 is 20.1 Å². The average Bonchev–Trinajstić information content (AvgIpc) is 2.37. The van der Waals surface area contributed by atoms with Gasteiger partial charge in [0.15, 0.2) is 0 Å². The van der Waals surface area contributed by atoms with Gasteiger partial charge in [-0.2, -0.15) is 0 Å². The van der Waals surface area contributed by atoms with Crippen molar-refractivity contribution in [3.63, 3.8) is 0 Å². The minimum atomic E-state index is -0.331. The zero-order valence-corrected chi connectivity index (χ0v) is 10.5. The first-order chi connectivity index (χ1) is 8.12. The maximum Gasteiger partial charge on any atom is 0.241 e. The van der Waals surface area contributed by atoms with E-state index in [2.05, 4.69) is 10.6 Å². The molecule has 0 radical (unpaired) electrons. The summed E-state index contributed by atoms with van der Waals surface area (Å²) in [6.07, 6.45) is 0. The molecule has 1 amide bonds. The van der Waals surface area contributed by atoms with Crippen molar-refractivity contribution in [1.82, 2.24) is 5.32 Å². The van der Waals surface area contributed by atoms with Gasteiger partial charge in [0.2, 0.25) is 5.91 Å². The van der Waals surface area contributed by atoms with Gasteiger partial charge in [-0.15, -0.1) is 0 Å². The third kappa shape index (κ3) is 3.27. The lowest BCUT2D eigenvalue weighted by molar-refractivity contribution is -0.121. The van der Waals surface area contributed by atoms with Gasteiger partial charge >= 0.3 is 0 Å². The number of rotatable bonds is 5. The third-order valence-electron chi connectivity index (χ3n) is 2.42. The topological polar surface area (TPSA) is 59.6 Å². The van der Waals surface area contributed by atoms with Crippen molar-refractivity contribution in [2.45, 2.75) is 13.0 Å². The van der Waals surface area contributed by atoms with E-state index in [0.29, 0.717) is 11.5 Å². The number of anilines is 1. The molecule has 0 saturated heterocycles. The van der Waals surface area contributed by atoms with Crippen molar-refractivity contribution in [1.29, 1.82) is 0 Å². The van der Waals surface area contributed by atoms with Gasteiger partial charge in [-0.25, -0.2) is 0 Å². The number of ether oxygens (including phenoxy) is 2. The molecule has 0 heterocycles. The van der Waals surface area contributed by atoms with Crippen LogP contribution in [-0.2, 0) is 4.79 Å². The lowest BCUT2D eigenvalue weighted by Crippen LogP contribution is -2.35. The van der Waals surface area contributed by atoms with Crippen LogP contribution in [0.25, 0.3) is 0 Å². The molecule has 94 valence electrons. The molecule has 1 atom stereocenters. The maximum atomic E-state index is 11.4. The van der Waals surface area contributed by atoms with E-state index in [0.717, 1.165) is 5.69 Å². The Morgan fingerprint density at radius 2 is 2.00 bits per heavy atom. The number of hydrogen-bond acceptors (Lipinski definition) is 4. The van der Waals surface area contributed by atoms with Crippen LogP contribution in [-0.4, -0.2) is 33.2 Å². The standard InChI is InChI=1S/C12H18N2O3/c1-8(12(15)13-2)14-10-6-5-9(16-3)7-11(10)17-4/h5-8,14H,1-4H3,(H,13,15)/t8-/m1/s1. The molecule has 17 heavy (non-hydrogen) atoms. The monoisotopic (exact) mass is 238 g/mol. The Morgan fingerprint density at radius 1 is 1.29 bits per heavy atom. The minimum absolute atomic E-state index is 0.0807. The summed E-state index contributed by atoms with van der Waals surface area (Å²) < 4.78 is 10.3. The second-order valence-corrected chi connectivity index (χ2v) is 3.55. The molecular weight excluding hydrogens is 220 g/mol. The number of amides is 1. The zero-order chi connectivity index (χ0) is 12.8. The van der Waals surface area contributed by atoms with E-state index in [-0.39, 0.29) is 11.9 Å². The molecule has 0 fully saturated rings. The Morgan fingerprint density at radius 3 is 2.53 bits per heavy atom. The van der Waals surface area contributed by atoms with E-state index >= 15 is 0 Å². The molecule has 1 aromatic carbocycles. The minimum Gasteiger partial charge on any atom is -0.497 e. The number of benzene rings is 1. The number of carbonyl (C=O) groups excluding carboxylic acids is 1. The number of carbonyl (C=O) groups is 1. The molecule has 0 bridgehead atoms. The summed E-state index contributed by atoms with van der Waals surface area (Å²) in [5, 5.41) is 5.65. The normalized spacial score (nSPS) is 11.5. The van der Waals surface area contributed by atoms with Crippen LogP contribution in [0.4, 0.5) is 5.69 Å². The molecule has 0 spiro atoms. The highest BCUT2D eigenvalue weighted by atomic mass is 16.5. The fourth-order valence-corrected chi connectivity index (χ4v) is 1.43. The second-order valence-electron chi connectivity index (χ2n) is 3.55. The first-order valence-corrected chi connectivity index (χ1v) is 5.32. The smallest absolute Gasteiger partial charge is 0.241 e. The van der Waals surface area contributed by atoms with Crippen LogP contribution >= 0.6 is 0 Å². The van der Waals surface area contributed by atoms with Gasteiger partial charge in [0.05, 0.1) is 19.9 Å². The molecule has 0 unspecified atom stereocenters. The first kappa shape index (κ1) is 13.2. The molecule has 0 saturated carbocycles. The summed E-state index contributed by atoms with van der Waals surface area (Å²) in [6.45, 7) is 1.78. The zero-order valence-electron chi connectivity index (χ0n) is 10.5. The number of nitrogens with one attached hydrogen (secondary N) is 2. The highest BCUT2D eigenvalue weighted by Crippen LogP contribution is 2.29. The maximum absolute atomic E-state index is 11.4. The van der Waals surface area contributed by atoms with Gasteiger partial charge in [-0.3, -0.25) is 4.79 Å². The Balaban J connectivity index is 2.87. The Bertz CT molecular complexity index is 393. The molecule has 0 aliphatic carbocycles. The highest BCUT2D eigenvalue weighted by Gasteiger charge is 2.13. The second kappa shape index (κ2) is 5.98. The molecule has 0 aliphatic rings. The van der Waals surface area contributed by atoms with Gasteiger partial charge in [0, 0.05) is 13.1 Å². The van der Waals surface area contributed by atoms with Crippen molar-refractivity contribution in [2.75, 3.05) is 26.6 Å². The summed E-state index contributed by atoms with van der Waals surface area (Å²) in [4.78, 5) is 11.4. The third-order valence-corrected chi connectivity index (χ3v) is 2.42. The molecular formula is C12H18N2O3. The highest BCUT2D eigenvalue weighted by molar-refractivity contribution is 5.84. The van der Waals surface area contributed by atoms with Crippen molar-refractivity contribution in [2.24, 2.45) is 0 Å². The number of hydrogen-bond donors (Lipinski definition) is 2. The molecule has 0 aliphatic heterocycles. The van der Waals surface area contributed by atoms with Gasteiger partial charge in [0.1, 0.15) is 17.5 Å². The fourth-order valence-electron chi connectivity index (χ4n) is 1.43. The Kier molecular flexibility index (Phi) is 4.63. The predicted octanol–water partition coefficient (Wildman–Crippen LogP) is 1.25. The average molecular weight is 238 g/mol. The van der Waals surface area contributed by atoms with Gasteiger partial charge in [0.25, 0.3) is 0 Å². The van der Waals surface area contributed by atoms with E-state index in [1.165, 1.54) is 0 Å². The number of methoxy groups -OCH3 is 2. The molecule has 5 heteroatoms. The SMILES string of the molecule is CNC(=O)[C@@H](C)Nc1ccc(OC)cc1OC. The molecule has 1 aromatic rings. The van der Waals surface area contributed by atoms with Crippen LogP contribution in [0.3, 0.4) is 0 Å². The summed E-state index contributed by atoms with van der Waals surface area (Å²) in [6, 6.07) is 5.06. The van der Waals surface area contributed by atoms with Crippen LogP contribution in [0.1, 0.15) is 6.92 Å². The van der Waals surface area contributed by atoms with Crippen LogP contribution in [0.15, 0.2) is 18.2 Å². The van der Waals surface area contributed by atoms with Crippen LogP contribution < -0.4 is 20.1 Å². The van der Waals surface area contributed by atoms with Gasteiger partial charge in [-0.1, -0.05) is 0 Å². The summed E-state index contributed by atoms with van der Waals surface area (Å²) in [5.74, 6) is 1.27. The van der Waals surface area contributed by atoms with Crippen molar-refractivity contribution in [3.05, 3.63) is 18.2 Å². The summed E-state index contributed by atoms with van der Waals surface area (Å²) in [5.41, 5.74) is 0.754. The summed E-state index contributed by atoms with van der Waals surface area (Å²) >= 11 is 0. The lowest BCUT2D eigenvalue weighted by atomic mass is 10.2. The van der Waals surface area contributed by atoms with E-state index in [4.69, 9.17) is 9.47 Å². The van der Waals surface area contributed by atoms with Crippen LogP contribution in [0, 0.1) is 0 Å². The van der Waals surface area contributed by atoms with E-state index in [1.54, 1.807) is 40.3 Å². The lowest BCUT2D eigenvalue weighted by Gasteiger charge is -2.16. The van der Waals surface area contributed by atoms with E-state index < -0.39 is 0 Å². The Hall–Kier alpha value is -1.91. The van der Waals surface area contributed by atoms with Crippen molar-refractivity contribution < 1.29 is 14.3 Å².